The third kappa shape index (κ3) is 5.65. The van der Waals surface area contributed by atoms with E-state index in [1.165, 1.54) is 0 Å². The van der Waals surface area contributed by atoms with E-state index >= 15 is 0 Å². The highest BCUT2D eigenvalue weighted by molar-refractivity contribution is 6.19. The van der Waals surface area contributed by atoms with Crippen LogP contribution in [0.15, 0.2) is 203 Å². The number of pyridine rings is 1. The Hall–Kier alpha value is -8.22. The van der Waals surface area contributed by atoms with Gasteiger partial charge in [0.1, 0.15) is 22.3 Å². The van der Waals surface area contributed by atoms with Crippen molar-refractivity contribution in [1.82, 2.24) is 19.9 Å². The summed E-state index contributed by atoms with van der Waals surface area (Å²) in [6.45, 7) is 0. The average Bonchev–Trinajstić information content (AvgIpc) is 3.91. The SMILES string of the molecule is c1ccc(-c2ccc3c(c2)nc(-c2ccc(-c4nc(-c5ccccc5)nc(-c5cccc(-c6cccc7c6oc6ccccc67)c5)n4)cc2)c2c4ccccc4oc32)cc1. The molecule has 4 aromatic heterocycles. The summed E-state index contributed by atoms with van der Waals surface area (Å²) in [7, 11) is 0. The second-order valence-corrected chi connectivity index (χ2v) is 15.0. The molecule has 0 unspecified atom stereocenters. The summed E-state index contributed by atoms with van der Waals surface area (Å²) in [6, 6.07) is 66.2. The maximum Gasteiger partial charge on any atom is 0.164 e. The quantitative estimate of drug-likeness (QED) is 0.168. The van der Waals surface area contributed by atoms with Crippen molar-refractivity contribution in [2.45, 2.75) is 0 Å². The highest BCUT2D eigenvalue weighted by atomic mass is 16.3. The van der Waals surface area contributed by atoms with Crippen molar-refractivity contribution < 1.29 is 8.83 Å². The van der Waals surface area contributed by atoms with Crippen molar-refractivity contribution in [3.63, 3.8) is 0 Å². The number of aromatic nitrogens is 4. The van der Waals surface area contributed by atoms with Crippen molar-refractivity contribution in [2.75, 3.05) is 0 Å². The summed E-state index contributed by atoms with van der Waals surface area (Å²) in [5, 5.41) is 5.18. The molecule has 0 bridgehead atoms. The van der Waals surface area contributed by atoms with Crippen molar-refractivity contribution >= 4 is 54.8 Å². The van der Waals surface area contributed by atoms with Crippen LogP contribution in [0.2, 0.25) is 0 Å². The lowest BCUT2D eigenvalue weighted by Gasteiger charge is -2.11. The van der Waals surface area contributed by atoms with Crippen LogP contribution in [0.25, 0.3) is 122 Å². The number of fused-ring (bicyclic) bond motifs is 8. The van der Waals surface area contributed by atoms with Gasteiger partial charge >= 0.3 is 0 Å². The molecule has 0 amide bonds. The molecular formula is C54H32N4O2. The normalized spacial score (nSPS) is 11.7. The third-order valence-corrected chi connectivity index (χ3v) is 11.3. The van der Waals surface area contributed by atoms with Gasteiger partial charge in [-0.1, -0.05) is 164 Å². The van der Waals surface area contributed by atoms with Gasteiger partial charge in [0, 0.05) is 49.4 Å². The Bertz CT molecular complexity index is 3590. The van der Waals surface area contributed by atoms with Gasteiger partial charge in [0.25, 0.3) is 0 Å². The van der Waals surface area contributed by atoms with Gasteiger partial charge in [-0.15, -0.1) is 0 Å². The van der Waals surface area contributed by atoms with Crippen LogP contribution in [0.3, 0.4) is 0 Å². The number of hydrogen-bond acceptors (Lipinski definition) is 6. The summed E-state index contributed by atoms with van der Waals surface area (Å²) in [6.07, 6.45) is 0. The van der Waals surface area contributed by atoms with Crippen molar-refractivity contribution in [3.05, 3.63) is 194 Å². The molecular weight excluding hydrogens is 737 g/mol. The number of furan rings is 2. The van der Waals surface area contributed by atoms with Crippen LogP contribution in [0, 0.1) is 0 Å². The van der Waals surface area contributed by atoms with E-state index in [2.05, 4.69) is 109 Å². The molecule has 280 valence electrons. The van der Waals surface area contributed by atoms with E-state index in [1.807, 2.05) is 84.9 Å². The molecule has 4 heterocycles. The fraction of sp³-hybridized carbons (Fsp3) is 0. The van der Waals surface area contributed by atoms with Crippen molar-refractivity contribution in [2.24, 2.45) is 0 Å². The third-order valence-electron chi connectivity index (χ3n) is 11.3. The van der Waals surface area contributed by atoms with Crippen LogP contribution in [0.5, 0.6) is 0 Å². The molecule has 0 aliphatic heterocycles. The van der Waals surface area contributed by atoms with E-state index in [0.29, 0.717) is 17.5 Å². The van der Waals surface area contributed by atoms with Crippen LogP contribution in [0.1, 0.15) is 0 Å². The Morgan fingerprint density at radius 3 is 1.60 bits per heavy atom. The van der Waals surface area contributed by atoms with E-state index in [-0.39, 0.29) is 0 Å². The molecule has 60 heavy (non-hydrogen) atoms. The molecule has 8 aromatic carbocycles. The predicted molar refractivity (Wildman–Crippen MR) is 242 cm³/mol. The summed E-state index contributed by atoms with van der Waals surface area (Å²) >= 11 is 0. The molecule has 0 fully saturated rings. The minimum atomic E-state index is 0.577. The van der Waals surface area contributed by atoms with Gasteiger partial charge < -0.3 is 8.83 Å². The minimum absolute atomic E-state index is 0.577. The molecule has 0 saturated carbocycles. The zero-order valence-electron chi connectivity index (χ0n) is 32.1. The summed E-state index contributed by atoms with van der Waals surface area (Å²) in [5.74, 6) is 1.76. The van der Waals surface area contributed by atoms with Crippen LogP contribution < -0.4 is 0 Å². The number of benzene rings is 8. The smallest absolute Gasteiger partial charge is 0.164 e. The molecule has 0 aliphatic carbocycles. The highest BCUT2D eigenvalue weighted by Gasteiger charge is 2.20. The van der Waals surface area contributed by atoms with Gasteiger partial charge in [-0.2, -0.15) is 0 Å². The lowest BCUT2D eigenvalue weighted by atomic mass is 9.99. The Labute approximate surface area is 344 Å². The second-order valence-electron chi connectivity index (χ2n) is 15.0. The first kappa shape index (κ1) is 33.9. The summed E-state index contributed by atoms with van der Waals surface area (Å²) in [4.78, 5) is 20.6. The zero-order valence-corrected chi connectivity index (χ0v) is 32.1. The number of para-hydroxylation sites is 3. The first-order chi connectivity index (χ1) is 29.7. The molecule has 12 rings (SSSR count). The Morgan fingerprint density at radius 2 is 0.833 bits per heavy atom. The standard InChI is InChI=1S/C54H32N4O2/c1-3-13-33(14-4-1)37-29-30-43-45(32-37)55-49(48-44-20-8-10-24-47(44)60-51(43)48)34-25-27-36(28-26-34)53-56-52(35-15-5-2-6-16-35)57-54(58-53)39-18-11-17-38(31-39)40-21-12-22-42-41-19-7-9-23-46(41)59-50(40)42/h1-32H. The molecule has 0 radical (unpaired) electrons. The van der Waals surface area contributed by atoms with Crippen molar-refractivity contribution in [3.8, 4) is 67.7 Å². The molecule has 0 N–H and O–H groups in total. The van der Waals surface area contributed by atoms with E-state index in [4.69, 9.17) is 28.8 Å². The van der Waals surface area contributed by atoms with E-state index in [9.17, 15) is 0 Å². The topological polar surface area (TPSA) is 77.8 Å². The van der Waals surface area contributed by atoms with Crippen LogP contribution in [-0.2, 0) is 0 Å². The molecule has 12 aromatic rings. The minimum Gasteiger partial charge on any atom is -0.455 e. The largest absolute Gasteiger partial charge is 0.455 e. The van der Waals surface area contributed by atoms with Crippen molar-refractivity contribution in [1.29, 1.82) is 0 Å². The van der Waals surface area contributed by atoms with Gasteiger partial charge in [0.15, 0.2) is 17.5 Å². The molecule has 0 saturated heterocycles. The second kappa shape index (κ2) is 13.7. The summed E-state index contributed by atoms with van der Waals surface area (Å²) < 4.78 is 13.0. The molecule has 0 aliphatic rings. The van der Waals surface area contributed by atoms with E-state index < -0.39 is 0 Å². The fourth-order valence-corrected chi connectivity index (χ4v) is 8.41. The Balaban J connectivity index is 0.983. The van der Waals surface area contributed by atoms with Gasteiger partial charge in [-0.05, 0) is 47.0 Å². The monoisotopic (exact) mass is 768 g/mol. The maximum absolute atomic E-state index is 6.58. The van der Waals surface area contributed by atoms with E-state index in [0.717, 1.165) is 105 Å². The zero-order chi connectivity index (χ0) is 39.6. The van der Waals surface area contributed by atoms with Gasteiger partial charge in [0.05, 0.1) is 16.6 Å². The number of rotatable bonds is 6. The first-order valence-electron chi connectivity index (χ1n) is 20.0. The van der Waals surface area contributed by atoms with Crippen LogP contribution in [-0.4, -0.2) is 19.9 Å². The Morgan fingerprint density at radius 1 is 0.300 bits per heavy atom. The summed E-state index contributed by atoms with van der Waals surface area (Å²) in [5.41, 5.74) is 13.0. The molecule has 6 heteroatoms. The van der Waals surface area contributed by atoms with Crippen LogP contribution in [0.4, 0.5) is 0 Å². The lowest BCUT2D eigenvalue weighted by Crippen LogP contribution is -2.00. The first-order valence-corrected chi connectivity index (χ1v) is 20.0. The predicted octanol–water partition coefficient (Wildman–Crippen LogP) is 14.2. The number of hydrogen-bond donors (Lipinski definition) is 0. The average molecular weight is 769 g/mol. The molecule has 0 atom stereocenters. The molecule has 6 nitrogen and oxygen atoms in total. The number of nitrogens with zero attached hydrogens (tertiary/aromatic N) is 4. The maximum atomic E-state index is 6.58. The Kier molecular flexibility index (Phi) is 7.74. The molecule has 0 spiro atoms. The lowest BCUT2D eigenvalue weighted by molar-refractivity contribution is 0.670. The van der Waals surface area contributed by atoms with Gasteiger partial charge in [-0.25, -0.2) is 19.9 Å². The highest BCUT2D eigenvalue weighted by Crippen LogP contribution is 2.41. The van der Waals surface area contributed by atoms with Crippen LogP contribution >= 0.6 is 0 Å². The van der Waals surface area contributed by atoms with Gasteiger partial charge in [0.2, 0.25) is 0 Å². The van der Waals surface area contributed by atoms with Gasteiger partial charge in [-0.3, -0.25) is 0 Å². The fourth-order valence-electron chi connectivity index (χ4n) is 8.41. The van der Waals surface area contributed by atoms with E-state index in [1.54, 1.807) is 0 Å².